The Morgan fingerprint density at radius 1 is 0.971 bits per heavy atom. The lowest BCUT2D eigenvalue weighted by Gasteiger charge is -2.28. The number of fused-ring (bicyclic) bond motifs is 1. The Bertz CT molecular complexity index is 1310. The molecule has 1 aliphatic rings. The van der Waals surface area contributed by atoms with Crippen molar-refractivity contribution in [1.82, 2.24) is 4.90 Å². The average Bonchev–Trinajstić information content (AvgIpc) is 3.14. The summed E-state index contributed by atoms with van der Waals surface area (Å²) in [5.74, 6) is -3.17. The quantitative estimate of drug-likeness (QED) is 0.504. The van der Waals surface area contributed by atoms with Crippen molar-refractivity contribution in [2.45, 2.75) is 26.4 Å². The fourth-order valence-electron chi connectivity index (χ4n) is 4.23. The van der Waals surface area contributed by atoms with Gasteiger partial charge in [-0.25, -0.2) is 13.6 Å². The number of hydrogen-bond donors (Lipinski definition) is 1. The first kappa shape index (κ1) is 24.1. The van der Waals surface area contributed by atoms with Gasteiger partial charge in [0.25, 0.3) is 11.8 Å². The zero-order chi connectivity index (χ0) is 25.3. The molecule has 6 nitrogen and oxygen atoms in total. The second kappa shape index (κ2) is 9.66. The summed E-state index contributed by atoms with van der Waals surface area (Å²) in [7, 11) is 1.31. The van der Waals surface area contributed by atoms with Crippen LogP contribution in [0.25, 0.3) is 11.1 Å². The molecule has 1 aliphatic heterocycles. The maximum Gasteiger partial charge on any atom is 0.328 e. The van der Waals surface area contributed by atoms with Gasteiger partial charge in [0.2, 0.25) is 0 Å². The molecule has 0 bridgehead atoms. The lowest BCUT2D eigenvalue weighted by molar-refractivity contribution is -0.147. The molecule has 180 valence electrons. The normalized spacial score (nSPS) is 13.5. The van der Waals surface area contributed by atoms with Crippen molar-refractivity contribution in [2.24, 2.45) is 5.92 Å². The van der Waals surface area contributed by atoms with E-state index in [1.807, 2.05) is 26.0 Å². The lowest BCUT2D eigenvalue weighted by Crippen LogP contribution is -2.45. The minimum Gasteiger partial charge on any atom is -0.467 e. The molecule has 0 aliphatic carbocycles. The molecule has 0 saturated heterocycles. The highest BCUT2D eigenvalue weighted by Gasteiger charge is 2.38. The van der Waals surface area contributed by atoms with Gasteiger partial charge in [-0.05, 0) is 52.9 Å². The van der Waals surface area contributed by atoms with Gasteiger partial charge in [0, 0.05) is 23.9 Å². The molecule has 35 heavy (non-hydrogen) atoms. The summed E-state index contributed by atoms with van der Waals surface area (Å²) in [5.41, 5.74) is 3.13. The molecule has 0 saturated carbocycles. The van der Waals surface area contributed by atoms with Crippen molar-refractivity contribution in [3.05, 3.63) is 89.0 Å². The van der Waals surface area contributed by atoms with E-state index in [1.54, 1.807) is 30.3 Å². The Balaban J connectivity index is 1.52. The van der Waals surface area contributed by atoms with Gasteiger partial charge in [-0.15, -0.1) is 0 Å². The van der Waals surface area contributed by atoms with Crippen molar-refractivity contribution in [3.63, 3.8) is 0 Å². The van der Waals surface area contributed by atoms with E-state index >= 15 is 0 Å². The molecule has 0 unspecified atom stereocenters. The largest absolute Gasteiger partial charge is 0.467 e. The molecule has 0 fully saturated rings. The van der Waals surface area contributed by atoms with Crippen LogP contribution >= 0.6 is 0 Å². The lowest BCUT2D eigenvalue weighted by atomic mass is 10.00. The van der Waals surface area contributed by atoms with E-state index in [1.165, 1.54) is 12.0 Å². The number of halogens is 2. The number of benzene rings is 3. The molecule has 3 aromatic carbocycles. The minimum atomic E-state index is -0.942. The third-order valence-electron chi connectivity index (χ3n) is 6.00. The molecular formula is C27H24F2N2O4. The van der Waals surface area contributed by atoms with Crippen molar-refractivity contribution in [3.8, 4) is 11.1 Å². The highest BCUT2D eigenvalue weighted by molar-refractivity contribution is 6.04. The smallest absolute Gasteiger partial charge is 0.328 e. The summed E-state index contributed by atoms with van der Waals surface area (Å²) in [6.07, 6.45) is 0. The number of nitrogens with zero attached hydrogens (tertiary/aromatic N) is 1. The Morgan fingerprint density at radius 3 is 2.29 bits per heavy atom. The predicted molar refractivity (Wildman–Crippen MR) is 127 cm³/mol. The monoisotopic (exact) mass is 478 g/mol. The summed E-state index contributed by atoms with van der Waals surface area (Å²) in [4.78, 5) is 39.3. The molecule has 1 N–H and O–H groups in total. The van der Waals surface area contributed by atoms with Gasteiger partial charge in [0.1, 0.15) is 17.7 Å². The molecule has 1 heterocycles. The van der Waals surface area contributed by atoms with E-state index in [4.69, 9.17) is 4.74 Å². The first-order chi connectivity index (χ1) is 16.7. The number of carbonyl (C=O) groups excluding carboxylic acids is 3. The molecular weight excluding hydrogens is 454 g/mol. The second-order valence-corrected chi connectivity index (χ2v) is 8.67. The third-order valence-corrected chi connectivity index (χ3v) is 6.00. The van der Waals surface area contributed by atoms with Gasteiger partial charge in [0.05, 0.1) is 12.7 Å². The highest BCUT2D eigenvalue weighted by atomic mass is 19.1. The van der Waals surface area contributed by atoms with Crippen LogP contribution in [-0.2, 0) is 16.1 Å². The van der Waals surface area contributed by atoms with E-state index in [0.717, 1.165) is 28.8 Å². The summed E-state index contributed by atoms with van der Waals surface area (Å²) in [5, 5.41) is 2.58. The summed E-state index contributed by atoms with van der Waals surface area (Å²) in [6.45, 7) is 4.07. The number of hydrogen-bond acceptors (Lipinski definition) is 4. The van der Waals surface area contributed by atoms with Crippen LogP contribution in [0.3, 0.4) is 0 Å². The van der Waals surface area contributed by atoms with E-state index in [9.17, 15) is 23.2 Å². The van der Waals surface area contributed by atoms with Crippen LogP contribution in [0.5, 0.6) is 0 Å². The molecule has 3 aromatic rings. The number of methoxy groups -OCH3 is 1. The van der Waals surface area contributed by atoms with E-state index in [0.29, 0.717) is 23.9 Å². The van der Waals surface area contributed by atoms with Gasteiger partial charge in [-0.2, -0.15) is 0 Å². The first-order valence-corrected chi connectivity index (χ1v) is 11.1. The number of anilines is 1. The fraction of sp³-hybridized carbons (Fsp3) is 0.222. The zero-order valence-corrected chi connectivity index (χ0v) is 19.5. The van der Waals surface area contributed by atoms with E-state index in [2.05, 4.69) is 5.32 Å². The van der Waals surface area contributed by atoms with Gasteiger partial charge in [-0.1, -0.05) is 38.1 Å². The number of rotatable bonds is 6. The standard InChI is InChI=1S/C27H24F2N2O4/c1-15(2)24(27(34)35-3)31-14-18-5-4-17(12-22(18)26(31)33)16-6-9-20(10-7-16)30-25(32)21-11-8-19(28)13-23(21)29/h4-13,15,24H,14H2,1-3H3,(H,30,32)/t24-/m0/s1. The van der Waals surface area contributed by atoms with Crippen molar-refractivity contribution >= 4 is 23.5 Å². The summed E-state index contributed by atoms with van der Waals surface area (Å²) in [6, 6.07) is 14.5. The maximum absolute atomic E-state index is 13.9. The number of amides is 2. The molecule has 0 spiro atoms. The predicted octanol–water partition coefficient (Wildman–Crippen LogP) is 5.04. The van der Waals surface area contributed by atoms with Crippen LogP contribution in [0.15, 0.2) is 60.7 Å². The highest BCUT2D eigenvalue weighted by Crippen LogP contribution is 2.32. The van der Waals surface area contributed by atoms with Crippen molar-refractivity contribution in [1.29, 1.82) is 0 Å². The maximum atomic E-state index is 13.9. The number of ether oxygens (including phenoxy) is 1. The van der Waals surface area contributed by atoms with Crippen LogP contribution in [0.1, 0.15) is 40.1 Å². The Hall–Kier alpha value is -4.07. The molecule has 1 atom stereocenters. The number of esters is 1. The van der Waals surface area contributed by atoms with Crippen LogP contribution in [0.4, 0.5) is 14.5 Å². The number of nitrogens with one attached hydrogen (secondary N) is 1. The van der Waals surface area contributed by atoms with Crippen LogP contribution in [-0.4, -0.2) is 35.8 Å². The van der Waals surface area contributed by atoms with Crippen molar-refractivity contribution in [2.75, 3.05) is 12.4 Å². The SMILES string of the molecule is COC(=O)[C@H](C(C)C)N1Cc2ccc(-c3ccc(NC(=O)c4ccc(F)cc4F)cc3)cc2C1=O. The zero-order valence-electron chi connectivity index (χ0n) is 19.5. The molecule has 8 heteroatoms. The molecule has 4 rings (SSSR count). The van der Waals surface area contributed by atoms with Gasteiger partial charge < -0.3 is 15.0 Å². The fourth-order valence-corrected chi connectivity index (χ4v) is 4.23. The Labute approximate surface area is 201 Å². The van der Waals surface area contributed by atoms with Gasteiger partial charge in [-0.3, -0.25) is 9.59 Å². The van der Waals surface area contributed by atoms with Crippen molar-refractivity contribution < 1.29 is 27.9 Å². The Kier molecular flexibility index (Phi) is 6.64. The first-order valence-electron chi connectivity index (χ1n) is 11.1. The summed E-state index contributed by atoms with van der Waals surface area (Å²) >= 11 is 0. The van der Waals surface area contributed by atoms with Crippen LogP contribution < -0.4 is 5.32 Å². The van der Waals surface area contributed by atoms with Gasteiger partial charge in [0.15, 0.2) is 0 Å². The second-order valence-electron chi connectivity index (χ2n) is 8.67. The Morgan fingerprint density at radius 2 is 1.66 bits per heavy atom. The topological polar surface area (TPSA) is 75.7 Å². The summed E-state index contributed by atoms with van der Waals surface area (Å²) < 4.78 is 31.8. The minimum absolute atomic E-state index is 0.105. The van der Waals surface area contributed by atoms with Gasteiger partial charge >= 0.3 is 5.97 Å². The van der Waals surface area contributed by atoms with E-state index in [-0.39, 0.29) is 17.4 Å². The van der Waals surface area contributed by atoms with Crippen LogP contribution in [0.2, 0.25) is 0 Å². The number of carbonyl (C=O) groups is 3. The third kappa shape index (κ3) is 4.77. The average molecular weight is 478 g/mol. The molecule has 2 amide bonds. The molecule has 0 radical (unpaired) electrons. The van der Waals surface area contributed by atoms with E-state index < -0.39 is 29.6 Å². The van der Waals surface area contributed by atoms with Crippen LogP contribution in [0, 0.1) is 17.6 Å². The molecule has 0 aromatic heterocycles.